The Morgan fingerprint density at radius 2 is 1.94 bits per heavy atom. The van der Waals surface area contributed by atoms with Crippen LogP contribution in [-0.4, -0.2) is 17.0 Å². The molecule has 2 rings (SSSR count). The molecule has 0 amide bonds. The topological polar surface area (TPSA) is 24.4 Å². The molecule has 0 fully saturated rings. The number of rotatable bonds is 2. The SMILES string of the molecule is Cc1ccc(NC2=NCC(CC(C)(C)C)S2)cc1. The summed E-state index contributed by atoms with van der Waals surface area (Å²) in [6, 6.07) is 8.45. The van der Waals surface area contributed by atoms with E-state index in [4.69, 9.17) is 0 Å². The number of nitrogens with zero attached hydrogens (tertiary/aromatic N) is 1. The third-order valence-corrected chi connectivity index (χ3v) is 3.96. The fourth-order valence-corrected chi connectivity index (χ4v) is 3.41. The molecule has 0 radical (unpaired) electrons. The first kappa shape index (κ1) is 13.5. The van der Waals surface area contributed by atoms with E-state index in [1.807, 2.05) is 11.8 Å². The molecule has 1 unspecified atom stereocenters. The molecule has 1 aliphatic rings. The van der Waals surface area contributed by atoms with E-state index >= 15 is 0 Å². The van der Waals surface area contributed by atoms with Crippen LogP contribution in [0, 0.1) is 12.3 Å². The highest BCUT2D eigenvalue weighted by Crippen LogP contribution is 2.32. The summed E-state index contributed by atoms with van der Waals surface area (Å²) in [7, 11) is 0. The number of hydrogen-bond donors (Lipinski definition) is 1. The molecular weight excluding hydrogens is 240 g/mol. The Hall–Kier alpha value is -0.960. The van der Waals surface area contributed by atoms with Crippen molar-refractivity contribution in [1.82, 2.24) is 0 Å². The van der Waals surface area contributed by atoms with Crippen molar-refractivity contribution in [2.24, 2.45) is 10.4 Å². The lowest BCUT2D eigenvalue weighted by Gasteiger charge is -2.21. The van der Waals surface area contributed by atoms with Gasteiger partial charge < -0.3 is 5.32 Å². The van der Waals surface area contributed by atoms with Crippen molar-refractivity contribution in [3.63, 3.8) is 0 Å². The van der Waals surface area contributed by atoms with Crippen molar-refractivity contribution in [2.75, 3.05) is 11.9 Å². The molecule has 0 saturated carbocycles. The van der Waals surface area contributed by atoms with Gasteiger partial charge >= 0.3 is 0 Å². The highest BCUT2D eigenvalue weighted by molar-refractivity contribution is 8.15. The third-order valence-electron chi connectivity index (χ3n) is 2.86. The first-order valence-electron chi connectivity index (χ1n) is 6.47. The molecule has 1 heterocycles. The van der Waals surface area contributed by atoms with Gasteiger partial charge in [0.05, 0.1) is 6.54 Å². The lowest BCUT2D eigenvalue weighted by molar-refractivity contribution is 0.375. The monoisotopic (exact) mass is 262 g/mol. The third kappa shape index (κ3) is 4.05. The fraction of sp³-hybridized carbons (Fsp3) is 0.533. The molecule has 0 saturated heterocycles. The Morgan fingerprint density at radius 1 is 1.28 bits per heavy atom. The molecule has 0 spiro atoms. The zero-order valence-corrected chi connectivity index (χ0v) is 12.5. The van der Waals surface area contributed by atoms with Gasteiger partial charge in [0.15, 0.2) is 5.17 Å². The summed E-state index contributed by atoms with van der Waals surface area (Å²) in [5, 5.41) is 5.08. The van der Waals surface area contributed by atoms with E-state index in [9.17, 15) is 0 Å². The number of benzene rings is 1. The molecule has 1 aromatic rings. The second-order valence-corrected chi connectivity index (χ2v) is 7.43. The van der Waals surface area contributed by atoms with Crippen molar-refractivity contribution in [1.29, 1.82) is 0 Å². The maximum Gasteiger partial charge on any atom is 0.161 e. The Bertz CT molecular complexity index is 429. The zero-order valence-electron chi connectivity index (χ0n) is 11.7. The first-order valence-corrected chi connectivity index (χ1v) is 7.35. The molecule has 1 aliphatic heterocycles. The van der Waals surface area contributed by atoms with E-state index in [1.165, 1.54) is 12.0 Å². The van der Waals surface area contributed by atoms with Crippen LogP contribution in [0.4, 0.5) is 5.69 Å². The van der Waals surface area contributed by atoms with Crippen molar-refractivity contribution < 1.29 is 0 Å². The molecule has 1 aromatic carbocycles. The summed E-state index contributed by atoms with van der Waals surface area (Å²) in [6.07, 6.45) is 1.21. The van der Waals surface area contributed by atoms with E-state index in [0.717, 1.165) is 17.4 Å². The average molecular weight is 262 g/mol. The minimum atomic E-state index is 0.381. The summed E-state index contributed by atoms with van der Waals surface area (Å²) < 4.78 is 0. The highest BCUT2D eigenvalue weighted by Gasteiger charge is 2.24. The lowest BCUT2D eigenvalue weighted by Crippen LogP contribution is -2.16. The van der Waals surface area contributed by atoms with Gasteiger partial charge in [0.2, 0.25) is 0 Å². The van der Waals surface area contributed by atoms with E-state index < -0.39 is 0 Å². The molecule has 1 N–H and O–H groups in total. The second-order valence-electron chi connectivity index (χ2n) is 6.14. The van der Waals surface area contributed by atoms with Gasteiger partial charge in [-0.1, -0.05) is 50.2 Å². The number of aliphatic imine (C=N–C) groups is 1. The number of nitrogens with one attached hydrogen (secondary N) is 1. The van der Waals surface area contributed by atoms with Gasteiger partial charge in [0, 0.05) is 10.9 Å². The molecule has 3 heteroatoms. The Balaban J connectivity index is 1.88. The van der Waals surface area contributed by atoms with Gasteiger partial charge in [-0.25, -0.2) is 0 Å². The van der Waals surface area contributed by atoms with Crippen molar-refractivity contribution >= 4 is 22.6 Å². The van der Waals surface area contributed by atoms with E-state index in [-0.39, 0.29) is 0 Å². The Labute approximate surface area is 114 Å². The van der Waals surface area contributed by atoms with Gasteiger partial charge in [0.1, 0.15) is 0 Å². The molecule has 0 aliphatic carbocycles. The largest absolute Gasteiger partial charge is 0.335 e. The van der Waals surface area contributed by atoms with E-state index in [2.05, 4.69) is 62.3 Å². The van der Waals surface area contributed by atoms with Crippen molar-refractivity contribution in [3.8, 4) is 0 Å². The van der Waals surface area contributed by atoms with Crippen LogP contribution in [0.5, 0.6) is 0 Å². The highest BCUT2D eigenvalue weighted by atomic mass is 32.2. The molecule has 0 aromatic heterocycles. The summed E-state index contributed by atoms with van der Waals surface area (Å²) in [5.41, 5.74) is 2.79. The maximum absolute atomic E-state index is 4.59. The van der Waals surface area contributed by atoms with Crippen molar-refractivity contribution in [2.45, 2.75) is 39.4 Å². The van der Waals surface area contributed by atoms with Gasteiger partial charge in [-0.15, -0.1) is 0 Å². The molecule has 18 heavy (non-hydrogen) atoms. The molecule has 0 bridgehead atoms. The van der Waals surface area contributed by atoms with Crippen LogP contribution in [0.2, 0.25) is 0 Å². The molecule has 2 nitrogen and oxygen atoms in total. The van der Waals surface area contributed by atoms with Crippen LogP contribution in [-0.2, 0) is 0 Å². The minimum Gasteiger partial charge on any atom is -0.335 e. The predicted molar refractivity (Wildman–Crippen MR) is 82.6 cm³/mol. The molecule has 98 valence electrons. The Morgan fingerprint density at radius 3 is 2.56 bits per heavy atom. The summed E-state index contributed by atoms with van der Waals surface area (Å²) in [5.74, 6) is 0. The first-order chi connectivity index (χ1) is 8.42. The smallest absolute Gasteiger partial charge is 0.161 e. The fourth-order valence-electron chi connectivity index (χ4n) is 2.04. The van der Waals surface area contributed by atoms with Gasteiger partial charge in [-0.3, -0.25) is 4.99 Å². The number of hydrogen-bond acceptors (Lipinski definition) is 3. The summed E-state index contributed by atoms with van der Waals surface area (Å²) >= 11 is 1.88. The van der Waals surface area contributed by atoms with Crippen LogP contribution in [0.1, 0.15) is 32.8 Å². The average Bonchev–Trinajstić information content (AvgIpc) is 2.66. The maximum atomic E-state index is 4.59. The number of aryl methyl sites for hydroxylation is 1. The number of thioether (sulfide) groups is 1. The lowest BCUT2D eigenvalue weighted by atomic mass is 9.90. The van der Waals surface area contributed by atoms with Gasteiger partial charge in [-0.05, 0) is 30.9 Å². The van der Waals surface area contributed by atoms with E-state index in [0.29, 0.717) is 10.7 Å². The van der Waals surface area contributed by atoms with Crippen LogP contribution < -0.4 is 5.32 Å². The van der Waals surface area contributed by atoms with Gasteiger partial charge in [-0.2, -0.15) is 0 Å². The van der Waals surface area contributed by atoms with Crippen LogP contribution in [0.25, 0.3) is 0 Å². The quantitative estimate of drug-likeness (QED) is 0.858. The molecule has 1 atom stereocenters. The number of amidine groups is 1. The normalized spacial score (nSPS) is 19.8. The van der Waals surface area contributed by atoms with Crippen molar-refractivity contribution in [3.05, 3.63) is 29.8 Å². The molecular formula is C15H22N2S. The van der Waals surface area contributed by atoms with Crippen LogP contribution in [0.3, 0.4) is 0 Å². The summed E-state index contributed by atoms with van der Waals surface area (Å²) in [4.78, 5) is 4.59. The van der Waals surface area contributed by atoms with E-state index in [1.54, 1.807) is 0 Å². The standard InChI is InChI=1S/C15H22N2S/c1-11-5-7-12(8-6-11)17-14-16-10-13(18-14)9-15(2,3)4/h5-8,13H,9-10H2,1-4H3,(H,16,17). The zero-order chi connectivity index (χ0) is 13.2. The summed E-state index contributed by atoms with van der Waals surface area (Å²) in [6.45, 7) is 9.91. The minimum absolute atomic E-state index is 0.381. The Kier molecular flexibility index (Phi) is 4.00. The second kappa shape index (κ2) is 5.35. The predicted octanol–water partition coefficient (Wildman–Crippen LogP) is 4.31. The van der Waals surface area contributed by atoms with Crippen LogP contribution in [0.15, 0.2) is 29.3 Å². The number of anilines is 1. The van der Waals surface area contributed by atoms with Crippen LogP contribution >= 0.6 is 11.8 Å². The van der Waals surface area contributed by atoms with Gasteiger partial charge in [0.25, 0.3) is 0 Å².